The number of amides is 1. The molecule has 1 aliphatic heterocycles. The molecule has 1 aromatic heterocycles. The van der Waals surface area contributed by atoms with Gasteiger partial charge >= 0.3 is 0 Å². The van der Waals surface area contributed by atoms with Crippen molar-refractivity contribution in [3.63, 3.8) is 0 Å². The Morgan fingerprint density at radius 1 is 1.39 bits per heavy atom. The predicted octanol–water partition coefficient (Wildman–Crippen LogP) is 1.62. The van der Waals surface area contributed by atoms with Gasteiger partial charge in [0.25, 0.3) is 0 Å². The van der Waals surface area contributed by atoms with Crippen molar-refractivity contribution in [3.8, 4) is 0 Å². The quantitative estimate of drug-likeness (QED) is 0.880. The lowest BCUT2D eigenvalue weighted by Gasteiger charge is -2.24. The van der Waals surface area contributed by atoms with E-state index < -0.39 is 0 Å². The Kier molecular flexibility index (Phi) is 5.02. The van der Waals surface area contributed by atoms with Crippen molar-refractivity contribution in [2.45, 2.75) is 38.4 Å². The van der Waals surface area contributed by atoms with Crippen LogP contribution < -0.4 is 5.32 Å². The van der Waals surface area contributed by atoms with Gasteiger partial charge in [0.05, 0.1) is 12.7 Å². The van der Waals surface area contributed by atoms with E-state index in [-0.39, 0.29) is 11.9 Å². The minimum absolute atomic E-state index is 0.0831. The van der Waals surface area contributed by atoms with Crippen LogP contribution in [0.2, 0.25) is 0 Å². The van der Waals surface area contributed by atoms with Crippen LogP contribution in [0.15, 0.2) is 42.7 Å². The third-order valence-electron chi connectivity index (χ3n) is 4.45. The van der Waals surface area contributed by atoms with E-state index in [0.717, 1.165) is 19.5 Å². The average Bonchev–Trinajstić information content (AvgIpc) is 3.25. The standard InChI is InChI=1S/C17H23N5O/c1-14(15-5-3-2-4-6-15)21-10-7-16(13-21)19-17(23)8-11-22-12-9-18-20-22/h2-6,9,12,14,16H,7-8,10-11,13H2,1H3,(H,19,23)/t14-,16+/m1/s1. The fourth-order valence-corrected chi connectivity index (χ4v) is 3.07. The summed E-state index contributed by atoms with van der Waals surface area (Å²) in [6.45, 7) is 4.72. The first-order valence-electron chi connectivity index (χ1n) is 8.15. The van der Waals surface area contributed by atoms with Gasteiger partial charge < -0.3 is 5.32 Å². The summed E-state index contributed by atoms with van der Waals surface area (Å²) >= 11 is 0. The average molecular weight is 313 g/mol. The van der Waals surface area contributed by atoms with E-state index >= 15 is 0 Å². The van der Waals surface area contributed by atoms with E-state index in [1.807, 2.05) is 6.07 Å². The number of carbonyl (C=O) groups is 1. The highest BCUT2D eigenvalue weighted by Crippen LogP contribution is 2.24. The summed E-state index contributed by atoms with van der Waals surface area (Å²) in [7, 11) is 0. The number of aryl methyl sites for hydroxylation is 1. The number of carbonyl (C=O) groups excluding carboxylic acids is 1. The summed E-state index contributed by atoms with van der Waals surface area (Å²) in [5.41, 5.74) is 1.32. The number of benzene rings is 1. The minimum Gasteiger partial charge on any atom is -0.352 e. The largest absolute Gasteiger partial charge is 0.352 e. The fraction of sp³-hybridized carbons (Fsp3) is 0.471. The molecule has 0 unspecified atom stereocenters. The number of hydrogen-bond acceptors (Lipinski definition) is 4. The molecule has 122 valence electrons. The number of nitrogens with zero attached hydrogens (tertiary/aromatic N) is 4. The molecule has 1 amide bonds. The number of hydrogen-bond donors (Lipinski definition) is 1. The molecule has 0 spiro atoms. The first-order chi connectivity index (χ1) is 11.2. The number of likely N-dealkylation sites (tertiary alicyclic amines) is 1. The maximum absolute atomic E-state index is 12.0. The van der Waals surface area contributed by atoms with E-state index in [1.165, 1.54) is 5.56 Å². The molecule has 2 heterocycles. The maximum atomic E-state index is 12.0. The van der Waals surface area contributed by atoms with Gasteiger partial charge in [0.15, 0.2) is 0 Å². The molecule has 0 aliphatic carbocycles. The van der Waals surface area contributed by atoms with Crippen LogP contribution >= 0.6 is 0 Å². The molecule has 1 aromatic carbocycles. The maximum Gasteiger partial charge on any atom is 0.222 e. The van der Waals surface area contributed by atoms with Gasteiger partial charge in [-0.1, -0.05) is 35.5 Å². The zero-order chi connectivity index (χ0) is 16.1. The smallest absolute Gasteiger partial charge is 0.222 e. The molecular weight excluding hydrogens is 290 g/mol. The van der Waals surface area contributed by atoms with Crippen molar-refractivity contribution in [3.05, 3.63) is 48.3 Å². The lowest BCUT2D eigenvalue weighted by molar-refractivity contribution is -0.122. The Hall–Kier alpha value is -2.21. The summed E-state index contributed by atoms with van der Waals surface area (Å²) in [6, 6.07) is 11.1. The molecule has 6 nitrogen and oxygen atoms in total. The highest BCUT2D eigenvalue weighted by Gasteiger charge is 2.27. The van der Waals surface area contributed by atoms with Gasteiger partial charge in [-0.3, -0.25) is 14.4 Å². The van der Waals surface area contributed by atoms with Crippen molar-refractivity contribution < 1.29 is 4.79 Å². The Morgan fingerprint density at radius 3 is 2.96 bits per heavy atom. The van der Waals surface area contributed by atoms with Crippen molar-refractivity contribution in [2.75, 3.05) is 13.1 Å². The normalized spacial score (nSPS) is 19.6. The Morgan fingerprint density at radius 2 is 2.22 bits per heavy atom. The van der Waals surface area contributed by atoms with Crippen LogP contribution in [0.3, 0.4) is 0 Å². The molecule has 3 rings (SSSR count). The molecule has 1 fully saturated rings. The lowest BCUT2D eigenvalue weighted by atomic mass is 10.1. The van der Waals surface area contributed by atoms with Crippen LogP contribution in [0.25, 0.3) is 0 Å². The second-order valence-electron chi connectivity index (χ2n) is 6.05. The third-order valence-corrected chi connectivity index (χ3v) is 4.45. The van der Waals surface area contributed by atoms with Crippen molar-refractivity contribution in [1.82, 2.24) is 25.2 Å². The van der Waals surface area contributed by atoms with E-state index in [0.29, 0.717) is 19.0 Å². The molecule has 0 radical (unpaired) electrons. The van der Waals surface area contributed by atoms with Crippen LogP contribution in [0.5, 0.6) is 0 Å². The molecule has 0 bridgehead atoms. The Balaban J connectivity index is 1.45. The summed E-state index contributed by atoms with van der Waals surface area (Å²) < 4.78 is 1.68. The molecule has 0 saturated carbocycles. The van der Waals surface area contributed by atoms with Crippen LogP contribution in [0.1, 0.15) is 31.4 Å². The van der Waals surface area contributed by atoms with E-state index in [1.54, 1.807) is 17.1 Å². The summed E-state index contributed by atoms with van der Waals surface area (Å²) in [6.07, 6.45) is 4.84. The van der Waals surface area contributed by atoms with Gasteiger partial charge in [0.1, 0.15) is 0 Å². The van der Waals surface area contributed by atoms with Crippen LogP contribution in [0, 0.1) is 0 Å². The van der Waals surface area contributed by atoms with Crippen molar-refractivity contribution in [1.29, 1.82) is 0 Å². The van der Waals surface area contributed by atoms with Crippen LogP contribution in [-0.4, -0.2) is 44.9 Å². The first-order valence-corrected chi connectivity index (χ1v) is 8.15. The van der Waals surface area contributed by atoms with Gasteiger partial charge in [-0.2, -0.15) is 0 Å². The van der Waals surface area contributed by atoms with Gasteiger partial charge in [-0.05, 0) is 18.9 Å². The van der Waals surface area contributed by atoms with Gasteiger partial charge in [-0.15, -0.1) is 5.10 Å². The predicted molar refractivity (Wildman–Crippen MR) is 87.6 cm³/mol. The summed E-state index contributed by atoms with van der Waals surface area (Å²) in [5, 5.41) is 10.7. The molecular formula is C17H23N5O. The molecule has 23 heavy (non-hydrogen) atoms. The summed E-state index contributed by atoms with van der Waals surface area (Å²) in [4.78, 5) is 14.5. The number of nitrogens with one attached hydrogen (secondary N) is 1. The molecule has 1 aliphatic rings. The number of rotatable bonds is 6. The SMILES string of the molecule is C[C@H](c1ccccc1)N1CC[C@H](NC(=O)CCn2ccnn2)C1. The van der Waals surface area contributed by atoms with Gasteiger partial charge in [0.2, 0.25) is 5.91 Å². The van der Waals surface area contributed by atoms with Crippen molar-refractivity contribution >= 4 is 5.91 Å². The molecule has 1 N–H and O–H groups in total. The van der Waals surface area contributed by atoms with Gasteiger partial charge in [0, 0.05) is 37.8 Å². The first kappa shape index (κ1) is 15.7. The van der Waals surface area contributed by atoms with Gasteiger partial charge in [-0.25, -0.2) is 0 Å². The lowest BCUT2D eigenvalue weighted by Crippen LogP contribution is -2.37. The highest BCUT2D eigenvalue weighted by molar-refractivity contribution is 5.76. The van der Waals surface area contributed by atoms with E-state index in [9.17, 15) is 4.79 Å². The van der Waals surface area contributed by atoms with Crippen molar-refractivity contribution in [2.24, 2.45) is 0 Å². The Labute approximate surface area is 136 Å². The zero-order valence-corrected chi connectivity index (χ0v) is 13.4. The second-order valence-corrected chi connectivity index (χ2v) is 6.05. The molecule has 1 saturated heterocycles. The number of aromatic nitrogens is 3. The molecule has 6 heteroatoms. The monoisotopic (exact) mass is 313 g/mol. The zero-order valence-electron chi connectivity index (χ0n) is 13.4. The van der Waals surface area contributed by atoms with Crippen LogP contribution in [0.4, 0.5) is 0 Å². The third kappa shape index (κ3) is 4.16. The minimum atomic E-state index is 0.0831. The Bertz CT molecular complexity index is 613. The topological polar surface area (TPSA) is 63.1 Å². The molecule has 2 atom stereocenters. The summed E-state index contributed by atoms with van der Waals surface area (Å²) in [5.74, 6) is 0.0831. The van der Waals surface area contributed by atoms with Crippen LogP contribution in [-0.2, 0) is 11.3 Å². The van der Waals surface area contributed by atoms with E-state index in [4.69, 9.17) is 0 Å². The highest BCUT2D eigenvalue weighted by atomic mass is 16.1. The second kappa shape index (κ2) is 7.37. The fourth-order valence-electron chi connectivity index (χ4n) is 3.07. The molecule has 2 aromatic rings. The van der Waals surface area contributed by atoms with E-state index in [2.05, 4.69) is 51.7 Å².